The fourth-order valence-electron chi connectivity index (χ4n) is 2.52. The zero-order chi connectivity index (χ0) is 23.6. The first kappa shape index (κ1) is 25.8. The first-order valence-corrected chi connectivity index (χ1v) is 10.9. The summed E-state index contributed by atoms with van der Waals surface area (Å²) in [5.41, 5.74) is -0.467. The van der Waals surface area contributed by atoms with Gasteiger partial charge in [0.2, 0.25) is 0 Å². The van der Waals surface area contributed by atoms with Gasteiger partial charge in [0, 0.05) is 10.6 Å². The molecule has 31 heavy (non-hydrogen) atoms. The summed E-state index contributed by atoms with van der Waals surface area (Å²) in [6, 6.07) is 5.03. The van der Waals surface area contributed by atoms with Crippen LogP contribution in [-0.2, 0) is 10.9 Å². The second-order valence-electron chi connectivity index (χ2n) is 7.64. The Labute approximate surface area is 202 Å². The Balaban J connectivity index is 2.22. The number of hydrogen-bond acceptors (Lipinski definition) is 3. The summed E-state index contributed by atoms with van der Waals surface area (Å²) < 4.78 is 50.6. The summed E-state index contributed by atoms with van der Waals surface area (Å²) in [6.07, 6.45) is -1.37. The van der Waals surface area contributed by atoms with E-state index in [1.165, 1.54) is 12.1 Å². The maximum absolute atomic E-state index is 13.0. The van der Waals surface area contributed by atoms with E-state index in [4.69, 9.17) is 32.7 Å². The Hall–Kier alpha value is -1.45. The minimum Gasteiger partial charge on any atom is -0.488 e. The van der Waals surface area contributed by atoms with Gasteiger partial charge in [-0.1, -0.05) is 29.3 Å². The Bertz CT molecular complexity index is 1010. The average Bonchev–Trinajstić information content (AvgIpc) is 2.61. The van der Waals surface area contributed by atoms with Crippen molar-refractivity contribution >= 4 is 57.8 Å². The van der Waals surface area contributed by atoms with Gasteiger partial charge in [-0.3, -0.25) is 0 Å². The number of alkyl halides is 3. The van der Waals surface area contributed by atoms with E-state index in [0.717, 1.165) is 12.1 Å². The van der Waals surface area contributed by atoms with Gasteiger partial charge in [-0.15, -0.1) is 0 Å². The number of rotatable bonds is 5. The lowest BCUT2D eigenvalue weighted by molar-refractivity contribution is -0.137. The summed E-state index contributed by atoms with van der Waals surface area (Å²) in [5, 5.41) is 0.417. The van der Waals surface area contributed by atoms with Gasteiger partial charge in [0.05, 0.1) is 19.7 Å². The standard InChI is InChI=1S/C22H20Cl2F3IO3/c1-12-10-13(22(25,26)27)11-17(19(12)28)30-9-5-6-14-16(23)8-7-15(18(14)24)20(29)31-21(2,3)4/h5-8,10-11H,9H2,1-4H3/b6-5+. The molecule has 0 atom stereocenters. The van der Waals surface area contributed by atoms with Gasteiger partial charge >= 0.3 is 12.1 Å². The molecule has 0 fully saturated rings. The summed E-state index contributed by atoms with van der Waals surface area (Å²) in [5.74, 6) is -0.466. The van der Waals surface area contributed by atoms with Gasteiger partial charge in [-0.2, -0.15) is 13.2 Å². The van der Waals surface area contributed by atoms with Crippen molar-refractivity contribution in [1.82, 2.24) is 0 Å². The number of carbonyl (C=O) groups is 1. The van der Waals surface area contributed by atoms with Gasteiger partial charge in [-0.25, -0.2) is 4.79 Å². The molecule has 2 aromatic rings. The highest BCUT2D eigenvalue weighted by atomic mass is 127. The van der Waals surface area contributed by atoms with E-state index < -0.39 is 23.3 Å². The monoisotopic (exact) mass is 586 g/mol. The van der Waals surface area contributed by atoms with Crippen molar-refractivity contribution in [3.05, 3.63) is 66.2 Å². The highest BCUT2D eigenvalue weighted by molar-refractivity contribution is 14.1. The minimum atomic E-state index is -4.47. The first-order chi connectivity index (χ1) is 14.2. The number of benzene rings is 2. The van der Waals surface area contributed by atoms with Crippen LogP contribution in [0.4, 0.5) is 13.2 Å². The number of carbonyl (C=O) groups excluding carboxylic acids is 1. The number of halogens is 6. The smallest absolute Gasteiger partial charge is 0.416 e. The summed E-state index contributed by atoms with van der Waals surface area (Å²) >= 11 is 14.5. The van der Waals surface area contributed by atoms with Crippen molar-refractivity contribution in [2.45, 2.75) is 39.5 Å². The molecule has 0 aliphatic heterocycles. The molecule has 0 aliphatic carbocycles. The van der Waals surface area contributed by atoms with Gasteiger partial charge in [-0.05, 0) is 86.2 Å². The predicted molar refractivity (Wildman–Crippen MR) is 125 cm³/mol. The van der Waals surface area contributed by atoms with Crippen molar-refractivity contribution < 1.29 is 27.4 Å². The van der Waals surface area contributed by atoms with E-state index in [2.05, 4.69) is 0 Å². The summed E-state index contributed by atoms with van der Waals surface area (Å²) in [6.45, 7) is 6.78. The van der Waals surface area contributed by atoms with Gasteiger partial charge < -0.3 is 9.47 Å². The van der Waals surface area contributed by atoms with E-state index in [1.807, 2.05) is 22.6 Å². The third-order valence-electron chi connectivity index (χ3n) is 3.91. The van der Waals surface area contributed by atoms with E-state index in [9.17, 15) is 18.0 Å². The fraction of sp³-hybridized carbons (Fsp3) is 0.318. The molecule has 2 aromatic carbocycles. The second-order valence-corrected chi connectivity index (χ2v) is 9.50. The van der Waals surface area contributed by atoms with Gasteiger partial charge in [0.25, 0.3) is 0 Å². The van der Waals surface area contributed by atoms with Crippen molar-refractivity contribution in [3.63, 3.8) is 0 Å². The summed E-state index contributed by atoms with van der Waals surface area (Å²) in [7, 11) is 0. The number of esters is 1. The maximum Gasteiger partial charge on any atom is 0.416 e. The van der Waals surface area contributed by atoms with Crippen molar-refractivity contribution in [2.75, 3.05) is 6.61 Å². The Morgan fingerprint density at radius 1 is 1.16 bits per heavy atom. The third kappa shape index (κ3) is 7.02. The maximum atomic E-state index is 13.0. The SMILES string of the molecule is Cc1cc(C(F)(F)F)cc(OC/C=C/c2c(Cl)ccc(C(=O)OC(C)(C)C)c2Cl)c1I. The van der Waals surface area contributed by atoms with Crippen molar-refractivity contribution in [1.29, 1.82) is 0 Å². The molecule has 0 heterocycles. The minimum absolute atomic E-state index is 0.0277. The van der Waals surface area contributed by atoms with Crippen LogP contribution in [0, 0.1) is 10.5 Å². The van der Waals surface area contributed by atoms with Crippen molar-refractivity contribution in [2.24, 2.45) is 0 Å². The quantitative estimate of drug-likeness (QED) is 0.263. The normalized spacial score (nSPS) is 12.3. The van der Waals surface area contributed by atoms with E-state index in [1.54, 1.807) is 39.8 Å². The Morgan fingerprint density at radius 2 is 1.81 bits per heavy atom. The van der Waals surface area contributed by atoms with E-state index in [-0.39, 0.29) is 22.9 Å². The molecule has 9 heteroatoms. The number of aryl methyl sites for hydroxylation is 1. The molecule has 0 spiro atoms. The molecule has 0 unspecified atom stereocenters. The zero-order valence-corrected chi connectivity index (χ0v) is 20.8. The molecule has 0 aromatic heterocycles. The lowest BCUT2D eigenvalue weighted by Crippen LogP contribution is -2.24. The molecule has 0 bridgehead atoms. The Kier molecular flexibility index (Phi) is 8.33. The van der Waals surface area contributed by atoms with Crippen LogP contribution in [0.1, 0.15) is 47.8 Å². The topological polar surface area (TPSA) is 35.5 Å². The molecule has 0 aliphatic rings. The molecule has 0 saturated heterocycles. The highest BCUT2D eigenvalue weighted by Crippen LogP contribution is 2.36. The molecule has 0 radical (unpaired) electrons. The number of ether oxygens (including phenoxy) is 2. The third-order valence-corrected chi connectivity index (χ3v) is 6.03. The second kappa shape index (κ2) is 10.0. The van der Waals surface area contributed by atoms with Crippen LogP contribution in [0.25, 0.3) is 6.08 Å². The van der Waals surface area contributed by atoms with Gasteiger partial charge in [0.15, 0.2) is 0 Å². The predicted octanol–water partition coefficient (Wildman–Crippen LogP) is 7.97. The Morgan fingerprint density at radius 3 is 2.39 bits per heavy atom. The van der Waals surface area contributed by atoms with Crippen LogP contribution in [0.5, 0.6) is 5.75 Å². The summed E-state index contributed by atoms with van der Waals surface area (Å²) in [4.78, 5) is 12.4. The molecule has 0 N–H and O–H groups in total. The van der Waals surface area contributed by atoms with E-state index in [0.29, 0.717) is 19.7 Å². The van der Waals surface area contributed by atoms with Crippen LogP contribution in [0.3, 0.4) is 0 Å². The first-order valence-electron chi connectivity index (χ1n) is 9.08. The zero-order valence-electron chi connectivity index (χ0n) is 17.2. The molecular formula is C22H20Cl2F3IO3. The average molecular weight is 587 g/mol. The van der Waals surface area contributed by atoms with Crippen LogP contribution in [0.15, 0.2) is 30.3 Å². The molecule has 2 rings (SSSR count). The molecule has 168 valence electrons. The lowest BCUT2D eigenvalue weighted by Gasteiger charge is -2.20. The fourth-order valence-corrected chi connectivity index (χ4v) is 3.56. The van der Waals surface area contributed by atoms with Crippen LogP contribution < -0.4 is 4.74 Å². The molecular weight excluding hydrogens is 567 g/mol. The van der Waals surface area contributed by atoms with Gasteiger partial charge in [0.1, 0.15) is 18.0 Å². The van der Waals surface area contributed by atoms with Crippen LogP contribution in [-0.4, -0.2) is 18.2 Å². The highest BCUT2D eigenvalue weighted by Gasteiger charge is 2.32. The van der Waals surface area contributed by atoms with E-state index >= 15 is 0 Å². The van der Waals surface area contributed by atoms with Crippen LogP contribution >= 0.6 is 45.8 Å². The van der Waals surface area contributed by atoms with Crippen molar-refractivity contribution in [3.8, 4) is 5.75 Å². The lowest BCUT2D eigenvalue weighted by atomic mass is 10.1. The number of hydrogen-bond donors (Lipinski definition) is 0. The molecule has 3 nitrogen and oxygen atoms in total. The molecule has 0 amide bonds. The largest absolute Gasteiger partial charge is 0.488 e. The van der Waals surface area contributed by atoms with Crippen LogP contribution in [0.2, 0.25) is 10.0 Å². The molecule has 0 saturated carbocycles.